The number of carbonyl (C=O) groups excluding carboxylic acids is 1. The van der Waals surface area contributed by atoms with E-state index in [0.717, 1.165) is 78.7 Å². The van der Waals surface area contributed by atoms with Crippen LogP contribution in [0.15, 0.2) is 72.8 Å². The summed E-state index contributed by atoms with van der Waals surface area (Å²) in [5, 5.41) is 21.3. The number of hydrogen-bond donors (Lipinski definition) is 3. The molecule has 3 aromatic carbocycles. The largest absolute Gasteiger partial charge is 0.481 e. The average Bonchev–Trinajstić information content (AvgIpc) is 3.09. The summed E-state index contributed by atoms with van der Waals surface area (Å²) >= 11 is 0. The van der Waals surface area contributed by atoms with Crippen molar-refractivity contribution in [2.75, 3.05) is 19.6 Å². The molecule has 2 aliphatic heterocycles. The van der Waals surface area contributed by atoms with Gasteiger partial charge in [-0.15, -0.1) is 0 Å². The monoisotopic (exact) mass is 628 g/mol. The lowest BCUT2D eigenvalue weighted by molar-refractivity contribution is -0.253. The van der Waals surface area contributed by atoms with Gasteiger partial charge >= 0.3 is 5.97 Å². The van der Waals surface area contributed by atoms with Gasteiger partial charge in [0.15, 0.2) is 6.29 Å². The molecule has 0 aromatic heterocycles. The summed E-state index contributed by atoms with van der Waals surface area (Å²) in [6, 6.07) is 24.6. The molecule has 0 aliphatic carbocycles. The molecule has 8 heteroatoms. The summed E-state index contributed by atoms with van der Waals surface area (Å²) in [6.45, 7) is 3.59. The van der Waals surface area contributed by atoms with Crippen LogP contribution in [0.5, 0.6) is 0 Å². The van der Waals surface area contributed by atoms with Gasteiger partial charge in [0.05, 0.1) is 18.8 Å². The molecule has 3 atom stereocenters. The maximum atomic E-state index is 12.4. The molecule has 3 aromatic rings. The van der Waals surface area contributed by atoms with E-state index in [1.54, 1.807) is 0 Å². The molecule has 2 heterocycles. The number of nitrogens with zero attached hydrogens (tertiary/aromatic N) is 1. The Bertz CT molecular complexity index is 1400. The molecule has 246 valence electrons. The summed E-state index contributed by atoms with van der Waals surface area (Å²) in [4.78, 5) is 25.5. The Kier molecular flexibility index (Phi) is 12.8. The van der Waals surface area contributed by atoms with Crippen molar-refractivity contribution in [2.24, 2.45) is 0 Å². The van der Waals surface area contributed by atoms with E-state index in [1.165, 1.54) is 19.3 Å². The number of benzene rings is 3. The molecule has 0 spiro atoms. The number of carboxylic acid groups (broad SMARTS) is 1. The number of amides is 1. The maximum Gasteiger partial charge on any atom is 0.303 e. The Morgan fingerprint density at radius 1 is 0.783 bits per heavy atom. The third-order valence-corrected chi connectivity index (χ3v) is 8.98. The van der Waals surface area contributed by atoms with Crippen LogP contribution in [0.25, 0.3) is 11.1 Å². The Balaban J connectivity index is 1.23. The highest BCUT2D eigenvalue weighted by molar-refractivity contribution is 5.76. The zero-order valence-electron chi connectivity index (χ0n) is 26.7. The lowest BCUT2D eigenvalue weighted by Crippen LogP contribution is -2.41. The second-order valence-corrected chi connectivity index (χ2v) is 12.6. The molecule has 0 radical (unpaired) electrons. The molecule has 46 heavy (non-hydrogen) atoms. The third-order valence-electron chi connectivity index (χ3n) is 8.98. The lowest BCUT2D eigenvalue weighted by atomic mass is 9.98. The highest BCUT2D eigenvalue weighted by Crippen LogP contribution is 2.39. The fourth-order valence-corrected chi connectivity index (χ4v) is 6.39. The first-order chi connectivity index (χ1) is 22.5. The van der Waals surface area contributed by atoms with Crippen LogP contribution in [0.1, 0.15) is 98.9 Å². The average molecular weight is 629 g/mol. The summed E-state index contributed by atoms with van der Waals surface area (Å²) in [5.74, 6) is -0.758. The van der Waals surface area contributed by atoms with Crippen LogP contribution in [-0.4, -0.2) is 52.7 Å². The van der Waals surface area contributed by atoms with E-state index >= 15 is 0 Å². The number of nitrogens with one attached hydrogen (secondary N) is 1. The number of unbranched alkanes of at least 4 members (excludes halogenated alkanes) is 3. The number of likely N-dealkylation sites (tertiary alicyclic amines) is 1. The Morgan fingerprint density at radius 2 is 1.50 bits per heavy atom. The van der Waals surface area contributed by atoms with Gasteiger partial charge < -0.3 is 29.9 Å². The van der Waals surface area contributed by atoms with E-state index in [9.17, 15) is 14.7 Å². The Hall–Kier alpha value is -3.56. The van der Waals surface area contributed by atoms with Gasteiger partial charge in [-0.1, -0.05) is 79.9 Å². The molecule has 2 fully saturated rings. The molecular formula is C38H48N2O6. The minimum atomic E-state index is -0.769. The molecule has 5 rings (SSSR count). The van der Waals surface area contributed by atoms with Crippen LogP contribution >= 0.6 is 0 Å². The Morgan fingerprint density at radius 3 is 2.24 bits per heavy atom. The van der Waals surface area contributed by atoms with Gasteiger partial charge in [-0.2, -0.15) is 0 Å². The van der Waals surface area contributed by atoms with E-state index < -0.39 is 12.3 Å². The van der Waals surface area contributed by atoms with Crippen molar-refractivity contribution >= 4 is 11.9 Å². The summed E-state index contributed by atoms with van der Waals surface area (Å²) in [5.41, 5.74) is 6.09. The minimum absolute atomic E-state index is 0.0110. The first kappa shape index (κ1) is 33.8. The van der Waals surface area contributed by atoms with Crippen molar-refractivity contribution in [3.63, 3.8) is 0 Å². The number of hydrogen-bond acceptors (Lipinski definition) is 6. The lowest BCUT2D eigenvalue weighted by Gasteiger charge is -2.39. The SMILES string of the molecule is O=C(O)CCCCCCC(=O)NCc1cccc(-c2cccc([C@@H]3O[C@H](CN4CCCCC4)C[C@H](c4ccc(CO)cc4)O3)c2)c1. The van der Waals surface area contributed by atoms with Gasteiger partial charge in [-0.05, 0) is 78.7 Å². The van der Waals surface area contributed by atoms with Crippen LogP contribution in [0.2, 0.25) is 0 Å². The second kappa shape index (κ2) is 17.4. The van der Waals surface area contributed by atoms with E-state index in [2.05, 4.69) is 52.7 Å². The highest BCUT2D eigenvalue weighted by Gasteiger charge is 2.33. The molecule has 0 unspecified atom stereocenters. The zero-order chi connectivity index (χ0) is 32.1. The van der Waals surface area contributed by atoms with Crippen LogP contribution in [0, 0.1) is 0 Å². The maximum absolute atomic E-state index is 12.4. The fraction of sp³-hybridized carbons (Fsp3) is 0.474. The normalized spacial score (nSPS) is 20.3. The molecule has 8 nitrogen and oxygen atoms in total. The van der Waals surface area contributed by atoms with Gasteiger partial charge in [-0.25, -0.2) is 0 Å². The summed E-state index contributed by atoms with van der Waals surface area (Å²) in [7, 11) is 0. The van der Waals surface area contributed by atoms with Gasteiger partial charge in [0.1, 0.15) is 0 Å². The highest BCUT2D eigenvalue weighted by atomic mass is 16.7. The molecule has 3 N–H and O–H groups in total. The first-order valence-corrected chi connectivity index (χ1v) is 16.9. The molecule has 0 saturated carbocycles. The smallest absolute Gasteiger partial charge is 0.303 e. The Labute approximate surface area is 272 Å². The number of aliphatic hydroxyl groups is 1. The number of aliphatic hydroxyl groups excluding tert-OH is 1. The van der Waals surface area contributed by atoms with Crippen molar-refractivity contribution in [1.29, 1.82) is 0 Å². The van der Waals surface area contributed by atoms with Crippen LogP contribution in [0.3, 0.4) is 0 Å². The number of rotatable bonds is 15. The molecule has 1 amide bonds. The standard InChI is InChI=1S/C38H48N2O6/c41-27-28-16-18-30(19-17-28)35-24-34(26-40-20-6-3-7-21-40)45-38(46-35)33-13-9-12-32(23-33)31-11-8-10-29(22-31)25-39-36(42)14-4-1-2-5-15-37(43)44/h8-13,16-19,22-23,34-35,38,41H,1-7,14-15,20-21,24-27H2,(H,39,42)(H,43,44)/t34-,35+,38+/m0/s1. The topological polar surface area (TPSA) is 108 Å². The van der Waals surface area contributed by atoms with Gasteiger partial charge in [0, 0.05) is 37.9 Å². The third kappa shape index (κ3) is 10.2. The minimum Gasteiger partial charge on any atom is -0.481 e. The van der Waals surface area contributed by atoms with E-state index in [-0.39, 0.29) is 31.1 Å². The van der Waals surface area contributed by atoms with Crippen LogP contribution < -0.4 is 5.32 Å². The van der Waals surface area contributed by atoms with E-state index in [0.29, 0.717) is 19.4 Å². The molecule has 2 saturated heterocycles. The van der Waals surface area contributed by atoms with Crippen molar-refractivity contribution < 1.29 is 29.3 Å². The van der Waals surface area contributed by atoms with Gasteiger partial charge in [0.2, 0.25) is 5.91 Å². The van der Waals surface area contributed by atoms with Gasteiger partial charge in [-0.3, -0.25) is 9.59 Å². The molecule has 2 aliphatic rings. The molecular weight excluding hydrogens is 580 g/mol. The summed E-state index contributed by atoms with van der Waals surface area (Å²) in [6.07, 6.45) is 7.72. The van der Waals surface area contributed by atoms with Crippen LogP contribution in [0.4, 0.5) is 0 Å². The summed E-state index contributed by atoms with van der Waals surface area (Å²) < 4.78 is 13.3. The quantitative estimate of drug-likeness (QED) is 0.157. The fourth-order valence-electron chi connectivity index (χ4n) is 6.39. The second-order valence-electron chi connectivity index (χ2n) is 12.6. The predicted octanol–water partition coefficient (Wildman–Crippen LogP) is 6.92. The van der Waals surface area contributed by atoms with Crippen molar-refractivity contribution in [3.8, 4) is 11.1 Å². The number of aliphatic carboxylic acids is 1. The number of piperidine rings is 1. The molecule has 0 bridgehead atoms. The zero-order valence-corrected chi connectivity index (χ0v) is 26.7. The van der Waals surface area contributed by atoms with Crippen molar-refractivity contribution in [2.45, 2.75) is 95.9 Å². The van der Waals surface area contributed by atoms with E-state index in [4.69, 9.17) is 14.6 Å². The van der Waals surface area contributed by atoms with Crippen molar-refractivity contribution in [3.05, 3.63) is 95.1 Å². The number of ether oxygens (including phenoxy) is 2. The van der Waals surface area contributed by atoms with Crippen molar-refractivity contribution in [1.82, 2.24) is 10.2 Å². The van der Waals surface area contributed by atoms with Gasteiger partial charge in [0.25, 0.3) is 0 Å². The predicted molar refractivity (Wildman–Crippen MR) is 178 cm³/mol. The number of carbonyl (C=O) groups is 2. The first-order valence-electron chi connectivity index (χ1n) is 16.9. The van der Waals surface area contributed by atoms with Crippen LogP contribution in [-0.2, 0) is 32.2 Å². The number of carboxylic acids is 1. The van der Waals surface area contributed by atoms with E-state index in [1.807, 2.05) is 30.3 Å².